The van der Waals surface area contributed by atoms with Crippen LogP contribution in [0.2, 0.25) is 0 Å². The van der Waals surface area contributed by atoms with Gasteiger partial charge in [-0.25, -0.2) is 4.98 Å². The Kier molecular flexibility index (Phi) is 4.38. The molecule has 2 amide bonds. The van der Waals surface area contributed by atoms with E-state index in [4.69, 9.17) is 0 Å². The van der Waals surface area contributed by atoms with Crippen LogP contribution in [0.4, 0.5) is 0 Å². The molecule has 2 saturated heterocycles. The highest BCUT2D eigenvalue weighted by molar-refractivity contribution is 5.96. The number of pyridine rings is 1. The van der Waals surface area contributed by atoms with Gasteiger partial charge in [0.15, 0.2) is 0 Å². The van der Waals surface area contributed by atoms with Gasteiger partial charge in [-0.15, -0.1) is 0 Å². The average molecular weight is 302 g/mol. The van der Waals surface area contributed by atoms with Gasteiger partial charge in [0.2, 0.25) is 0 Å². The lowest BCUT2D eigenvalue weighted by atomic mass is 10.2. The maximum Gasteiger partial charge on any atom is 0.272 e. The number of aromatic nitrogens is 1. The summed E-state index contributed by atoms with van der Waals surface area (Å²) in [5.41, 5.74) is 0.731. The summed E-state index contributed by atoms with van der Waals surface area (Å²) in [6.45, 7) is 5.84. The van der Waals surface area contributed by atoms with Crippen LogP contribution < -0.4 is 5.32 Å². The summed E-state index contributed by atoms with van der Waals surface area (Å²) in [5.74, 6) is -0.161. The number of nitrogens with zero attached hydrogens (tertiary/aromatic N) is 3. The van der Waals surface area contributed by atoms with Crippen molar-refractivity contribution in [1.29, 1.82) is 0 Å². The molecule has 0 bridgehead atoms. The third-order valence-corrected chi connectivity index (χ3v) is 4.34. The quantitative estimate of drug-likeness (QED) is 0.875. The average Bonchev–Trinajstić information content (AvgIpc) is 3.08. The summed E-state index contributed by atoms with van der Waals surface area (Å²) < 4.78 is 0. The lowest BCUT2D eigenvalue weighted by Crippen LogP contribution is -2.52. The Labute approximate surface area is 130 Å². The summed E-state index contributed by atoms with van der Waals surface area (Å²) in [6.07, 6.45) is 2.09. The van der Waals surface area contributed by atoms with Crippen LogP contribution in [0.3, 0.4) is 0 Å². The van der Waals surface area contributed by atoms with Crippen LogP contribution in [0.1, 0.15) is 40.7 Å². The molecule has 0 saturated carbocycles. The highest BCUT2D eigenvalue weighted by atomic mass is 16.2. The topological polar surface area (TPSA) is 65.5 Å². The molecule has 6 heteroatoms. The predicted molar refractivity (Wildman–Crippen MR) is 82.7 cm³/mol. The number of nitrogens with one attached hydrogen (secondary N) is 1. The highest BCUT2D eigenvalue weighted by Crippen LogP contribution is 2.13. The van der Waals surface area contributed by atoms with E-state index in [-0.39, 0.29) is 17.9 Å². The van der Waals surface area contributed by atoms with Crippen molar-refractivity contribution in [3.05, 3.63) is 29.6 Å². The zero-order chi connectivity index (χ0) is 15.5. The second-order valence-corrected chi connectivity index (χ2v) is 5.96. The van der Waals surface area contributed by atoms with Crippen molar-refractivity contribution in [3.8, 4) is 0 Å². The van der Waals surface area contributed by atoms with E-state index in [0.29, 0.717) is 17.9 Å². The summed E-state index contributed by atoms with van der Waals surface area (Å²) in [7, 11) is 0. The Morgan fingerprint density at radius 3 is 2.50 bits per heavy atom. The first kappa shape index (κ1) is 15.0. The summed E-state index contributed by atoms with van der Waals surface area (Å²) in [4.78, 5) is 33.0. The van der Waals surface area contributed by atoms with E-state index in [1.165, 1.54) is 0 Å². The maximum atomic E-state index is 12.6. The van der Waals surface area contributed by atoms with Gasteiger partial charge in [-0.3, -0.25) is 9.59 Å². The zero-order valence-electron chi connectivity index (χ0n) is 12.9. The van der Waals surface area contributed by atoms with Gasteiger partial charge >= 0.3 is 0 Å². The lowest BCUT2D eigenvalue weighted by Gasteiger charge is -2.33. The first-order valence-corrected chi connectivity index (χ1v) is 7.95. The normalized spacial score (nSPS) is 22.0. The highest BCUT2D eigenvalue weighted by Gasteiger charge is 2.26. The van der Waals surface area contributed by atoms with Crippen LogP contribution in [0.25, 0.3) is 0 Å². The van der Waals surface area contributed by atoms with Crippen molar-refractivity contribution in [3.63, 3.8) is 0 Å². The number of hydrogen-bond donors (Lipinski definition) is 1. The predicted octanol–water partition coefficient (Wildman–Crippen LogP) is 0.751. The van der Waals surface area contributed by atoms with Crippen LogP contribution in [0.15, 0.2) is 18.2 Å². The molecule has 0 unspecified atom stereocenters. The second-order valence-electron chi connectivity index (χ2n) is 5.96. The van der Waals surface area contributed by atoms with Crippen molar-refractivity contribution < 1.29 is 9.59 Å². The van der Waals surface area contributed by atoms with Gasteiger partial charge < -0.3 is 15.1 Å². The van der Waals surface area contributed by atoms with Crippen LogP contribution in [-0.2, 0) is 0 Å². The Morgan fingerprint density at radius 1 is 1.14 bits per heavy atom. The van der Waals surface area contributed by atoms with E-state index in [1.807, 2.05) is 16.7 Å². The SMILES string of the molecule is C[C@H]1CNCCN1C(=O)c1cccc(C(=O)N2CCCC2)n1. The molecule has 1 aromatic rings. The largest absolute Gasteiger partial charge is 0.337 e. The molecule has 2 fully saturated rings. The fourth-order valence-electron chi connectivity index (χ4n) is 3.05. The lowest BCUT2D eigenvalue weighted by molar-refractivity contribution is 0.0649. The third kappa shape index (κ3) is 2.97. The van der Waals surface area contributed by atoms with Crippen LogP contribution >= 0.6 is 0 Å². The van der Waals surface area contributed by atoms with Crippen LogP contribution in [0.5, 0.6) is 0 Å². The Bertz CT molecular complexity index is 569. The molecule has 22 heavy (non-hydrogen) atoms. The van der Waals surface area contributed by atoms with Gasteiger partial charge in [0, 0.05) is 38.8 Å². The molecule has 0 aromatic carbocycles. The molecule has 118 valence electrons. The van der Waals surface area contributed by atoms with Crippen LogP contribution in [-0.4, -0.2) is 65.4 Å². The fourth-order valence-corrected chi connectivity index (χ4v) is 3.05. The van der Waals surface area contributed by atoms with Crippen molar-refractivity contribution in [2.24, 2.45) is 0 Å². The fraction of sp³-hybridized carbons (Fsp3) is 0.562. The van der Waals surface area contributed by atoms with E-state index >= 15 is 0 Å². The molecule has 1 atom stereocenters. The van der Waals surface area contributed by atoms with Crippen LogP contribution in [0, 0.1) is 0 Å². The molecule has 0 radical (unpaired) electrons. The number of rotatable bonds is 2. The Morgan fingerprint density at radius 2 is 1.82 bits per heavy atom. The molecular weight excluding hydrogens is 280 g/mol. The molecule has 2 aliphatic heterocycles. The number of likely N-dealkylation sites (tertiary alicyclic amines) is 1. The molecular formula is C16H22N4O2. The molecule has 3 rings (SSSR count). The molecule has 2 aliphatic rings. The minimum Gasteiger partial charge on any atom is -0.337 e. The van der Waals surface area contributed by atoms with Gasteiger partial charge in [0.1, 0.15) is 11.4 Å². The summed E-state index contributed by atoms with van der Waals surface area (Å²) >= 11 is 0. The second kappa shape index (κ2) is 6.44. The number of amides is 2. The van der Waals surface area contributed by atoms with Crippen molar-refractivity contribution >= 4 is 11.8 Å². The van der Waals surface area contributed by atoms with E-state index in [1.54, 1.807) is 18.2 Å². The molecule has 3 heterocycles. The number of piperazine rings is 1. The van der Waals surface area contributed by atoms with Gasteiger partial charge in [-0.2, -0.15) is 0 Å². The molecule has 1 N–H and O–H groups in total. The van der Waals surface area contributed by atoms with E-state index in [0.717, 1.165) is 39.0 Å². The van der Waals surface area contributed by atoms with Crippen molar-refractivity contribution in [2.75, 3.05) is 32.7 Å². The third-order valence-electron chi connectivity index (χ3n) is 4.34. The van der Waals surface area contributed by atoms with E-state index < -0.39 is 0 Å². The van der Waals surface area contributed by atoms with Gasteiger partial charge in [0.25, 0.3) is 11.8 Å². The monoisotopic (exact) mass is 302 g/mol. The number of hydrogen-bond acceptors (Lipinski definition) is 4. The summed E-state index contributed by atoms with van der Waals surface area (Å²) in [5, 5.41) is 3.26. The standard InChI is InChI=1S/C16H22N4O2/c1-12-11-17-7-10-20(12)16(22)14-6-4-5-13(18-14)15(21)19-8-2-3-9-19/h4-6,12,17H,2-3,7-11H2,1H3/t12-/m0/s1. The smallest absolute Gasteiger partial charge is 0.272 e. The van der Waals surface area contributed by atoms with Crippen molar-refractivity contribution in [1.82, 2.24) is 20.1 Å². The van der Waals surface area contributed by atoms with Crippen molar-refractivity contribution in [2.45, 2.75) is 25.8 Å². The molecule has 1 aromatic heterocycles. The maximum absolute atomic E-state index is 12.6. The summed E-state index contributed by atoms with van der Waals surface area (Å²) in [6, 6.07) is 5.27. The first-order valence-electron chi connectivity index (χ1n) is 7.95. The Balaban J connectivity index is 1.78. The van der Waals surface area contributed by atoms with Gasteiger partial charge in [-0.1, -0.05) is 6.07 Å². The number of carbonyl (C=O) groups excluding carboxylic acids is 2. The minimum absolute atomic E-state index is 0.0690. The van der Waals surface area contributed by atoms with Gasteiger partial charge in [-0.05, 0) is 31.9 Å². The minimum atomic E-state index is -0.0925. The van der Waals surface area contributed by atoms with Gasteiger partial charge in [0.05, 0.1) is 0 Å². The molecule has 0 spiro atoms. The zero-order valence-corrected chi connectivity index (χ0v) is 12.9. The Hall–Kier alpha value is -1.95. The van der Waals surface area contributed by atoms with E-state index in [2.05, 4.69) is 10.3 Å². The number of carbonyl (C=O) groups is 2. The van der Waals surface area contributed by atoms with E-state index in [9.17, 15) is 9.59 Å². The first-order chi connectivity index (χ1) is 10.7. The molecule has 6 nitrogen and oxygen atoms in total. The molecule has 0 aliphatic carbocycles.